The average Bonchev–Trinajstić information content (AvgIpc) is 2.26. The lowest BCUT2D eigenvalue weighted by atomic mass is 10.1. The molecule has 14 heavy (non-hydrogen) atoms. The SMILES string of the molecule is COC(=CC(=O)c1ccccc1)OC. The molecule has 0 saturated heterocycles. The molecule has 0 amide bonds. The highest BCUT2D eigenvalue weighted by Crippen LogP contribution is 2.04. The quantitative estimate of drug-likeness (QED) is 0.416. The summed E-state index contributed by atoms with van der Waals surface area (Å²) in [6.07, 6.45) is 1.31. The van der Waals surface area contributed by atoms with Gasteiger partial charge in [0.2, 0.25) is 0 Å². The first kappa shape index (κ1) is 10.3. The van der Waals surface area contributed by atoms with Crippen molar-refractivity contribution in [3.05, 3.63) is 47.9 Å². The Labute approximate surface area is 83.0 Å². The molecule has 0 fully saturated rings. The summed E-state index contributed by atoms with van der Waals surface area (Å²) in [4.78, 5) is 11.5. The molecule has 0 N–H and O–H groups in total. The van der Waals surface area contributed by atoms with Crippen LogP contribution in [-0.2, 0) is 9.47 Å². The standard InChI is InChI=1S/C11H12O3/c1-13-11(14-2)8-10(12)9-6-4-3-5-7-9/h3-8H,1-2H3. The van der Waals surface area contributed by atoms with Crippen LogP contribution < -0.4 is 0 Å². The van der Waals surface area contributed by atoms with E-state index in [4.69, 9.17) is 9.47 Å². The number of ether oxygens (including phenoxy) is 2. The molecule has 0 aromatic heterocycles. The number of carbonyl (C=O) groups is 1. The van der Waals surface area contributed by atoms with Crippen molar-refractivity contribution in [3.8, 4) is 0 Å². The fraction of sp³-hybridized carbons (Fsp3) is 0.182. The Morgan fingerprint density at radius 3 is 2.21 bits per heavy atom. The fourth-order valence-corrected chi connectivity index (χ4v) is 0.994. The highest BCUT2D eigenvalue weighted by molar-refractivity contribution is 6.04. The maximum absolute atomic E-state index is 11.5. The topological polar surface area (TPSA) is 35.5 Å². The summed E-state index contributed by atoms with van der Waals surface area (Å²) in [5.41, 5.74) is 0.610. The van der Waals surface area contributed by atoms with Crippen LogP contribution in [0.2, 0.25) is 0 Å². The predicted molar refractivity (Wildman–Crippen MR) is 52.9 cm³/mol. The van der Waals surface area contributed by atoms with Gasteiger partial charge in [-0.25, -0.2) is 0 Å². The van der Waals surface area contributed by atoms with Crippen molar-refractivity contribution in [1.29, 1.82) is 0 Å². The Morgan fingerprint density at radius 1 is 1.14 bits per heavy atom. The zero-order valence-electron chi connectivity index (χ0n) is 8.19. The van der Waals surface area contributed by atoms with Gasteiger partial charge in [0.15, 0.2) is 5.78 Å². The van der Waals surface area contributed by atoms with E-state index in [0.717, 1.165) is 0 Å². The Balaban J connectivity index is 2.82. The number of hydrogen-bond donors (Lipinski definition) is 0. The Kier molecular flexibility index (Phi) is 3.73. The number of benzene rings is 1. The smallest absolute Gasteiger partial charge is 0.282 e. The highest BCUT2D eigenvalue weighted by Gasteiger charge is 2.04. The molecule has 1 aromatic carbocycles. The molecule has 0 atom stereocenters. The lowest BCUT2D eigenvalue weighted by Gasteiger charge is -2.02. The summed E-state index contributed by atoms with van der Waals surface area (Å²) in [7, 11) is 2.90. The molecular weight excluding hydrogens is 180 g/mol. The third-order valence-corrected chi connectivity index (χ3v) is 1.71. The van der Waals surface area contributed by atoms with Crippen LogP contribution in [0.3, 0.4) is 0 Å². The van der Waals surface area contributed by atoms with Crippen molar-refractivity contribution < 1.29 is 14.3 Å². The Morgan fingerprint density at radius 2 is 1.71 bits per heavy atom. The molecule has 0 aliphatic rings. The summed E-state index contributed by atoms with van der Waals surface area (Å²) in [5.74, 6) is 0.0724. The van der Waals surface area contributed by atoms with E-state index in [1.807, 2.05) is 6.07 Å². The second kappa shape index (κ2) is 5.07. The Hall–Kier alpha value is -1.77. The van der Waals surface area contributed by atoms with E-state index >= 15 is 0 Å². The lowest BCUT2D eigenvalue weighted by Crippen LogP contribution is -1.98. The van der Waals surface area contributed by atoms with E-state index in [1.54, 1.807) is 24.3 Å². The van der Waals surface area contributed by atoms with Crippen LogP contribution in [0.15, 0.2) is 42.4 Å². The van der Waals surface area contributed by atoms with Gasteiger partial charge in [0, 0.05) is 5.56 Å². The van der Waals surface area contributed by atoms with Gasteiger partial charge < -0.3 is 9.47 Å². The number of rotatable bonds is 4. The zero-order valence-corrected chi connectivity index (χ0v) is 8.19. The molecular formula is C11H12O3. The van der Waals surface area contributed by atoms with Crippen molar-refractivity contribution in [3.63, 3.8) is 0 Å². The first-order valence-electron chi connectivity index (χ1n) is 4.17. The minimum Gasteiger partial charge on any atom is -0.469 e. The van der Waals surface area contributed by atoms with E-state index in [0.29, 0.717) is 5.56 Å². The van der Waals surface area contributed by atoms with E-state index in [-0.39, 0.29) is 11.7 Å². The third-order valence-electron chi connectivity index (χ3n) is 1.71. The van der Waals surface area contributed by atoms with E-state index in [9.17, 15) is 4.79 Å². The van der Waals surface area contributed by atoms with Crippen LogP contribution >= 0.6 is 0 Å². The molecule has 0 heterocycles. The summed E-state index contributed by atoms with van der Waals surface area (Å²) < 4.78 is 9.62. The number of carbonyl (C=O) groups excluding carboxylic acids is 1. The first-order chi connectivity index (χ1) is 6.77. The molecule has 0 spiro atoms. The Bertz CT molecular complexity index is 322. The molecule has 0 radical (unpaired) electrons. The monoisotopic (exact) mass is 192 g/mol. The molecule has 3 heteroatoms. The normalized spacial score (nSPS) is 9.00. The zero-order chi connectivity index (χ0) is 10.4. The van der Waals surface area contributed by atoms with Gasteiger partial charge in [-0.1, -0.05) is 30.3 Å². The average molecular weight is 192 g/mol. The molecule has 0 aliphatic carbocycles. The summed E-state index contributed by atoms with van der Waals surface area (Å²) in [6, 6.07) is 8.94. The van der Waals surface area contributed by atoms with Crippen molar-refractivity contribution in [2.75, 3.05) is 14.2 Å². The second-order valence-corrected chi connectivity index (χ2v) is 2.60. The van der Waals surface area contributed by atoms with Crippen LogP contribution in [0.25, 0.3) is 0 Å². The fourth-order valence-electron chi connectivity index (χ4n) is 0.994. The van der Waals surface area contributed by atoms with Crippen LogP contribution in [0.4, 0.5) is 0 Å². The molecule has 74 valence electrons. The van der Waals surface area contributed by atoms with Gasteiger partial charge in [0.25, 0.3) is 5.95 Å². The second-order valence-electron chi connectivity index (χ2n) is 2.60. The molecule has 0 saturated carbocycles. The highest BCUT2D eigenvalue weighted by atomic mass is 16.7. The summed E-state index contributed by atoms with van der Waals surface area (Å²) in [5, 5.41) is 0. The van der Waals surface area contributed by atoms with Crippen LogP contribution in [-0.4, -0.2) is 20.0 Å². The molecule has 0 unspecified atom stereocenters. The van der Waals surface area contributed by atoms with Gasteiger partial charge in [-0.3, -0.25) is 4.79 Å². The van der Waals surface area contributed by atoms with Crippen molar-refractivity contribution in [1.82, 2.24) is 0 Å². The molecule has 1 rings (SSSR count). The van der Waals surface area contributed by atoms with Crippen LogP contribution in [0.1, 0.15) is 10.4 Å². The van der Waals surface area contributed by atoms with Gasteiger partial charge in [-0.05, 0) is 0 Å². The van der Waals surface area contributed by atoms with Crippen LogP contribution in [0, 0.1) is 0 Å². The summed E-state index contributed by atoms with van der Waals surface area (Å²) >= 11 is 0. The predicted octanol–water partition coefficient (Wildman–Crippen LogP) is 2.00. The maximum atomic E-state index is 11.5. The third kappa shape index (κ3) is 2.62. The molecule has 3 nitrogen and oxygen atoms in total. The number of methoxy groups -OCH3 is 2. The van der Waals surface area contributed by atoms with Gasteiger partial charge >= 0.3 is 0 Å². The number of ketones is 1. The van der Waals surface area contributed by atoms with Gasteiger partial charge in [0.05, 0.1) is 20.3 Å². The number of hydrogen-bond acceptors (Lipinski definition) is 3. The number of allylic oxidation sites excluding steroid dienone is 1. The van der Waals surface area contributed by atoms with Gasteiger partial charge in [0.1, 0.15) is 0 Å². The molecule has 0 aliphatic heterocycles. The molecule has 0 bridgehead atoms. The van der Waals surface area contributed by atoms with Gasteiger partial charge in [-0.15, -0.1) is 0 Å². The minimum atomic E-state index is -0.135. The lowest BCUT2D eigenvalue weighted by molar-refractivity contribution is 0.0875. The largest absolute Gasteiger partial charge is 0.469 e. The molecule has 1 aromatic rings. The van der Waals surface area contributed by atoms with Crippen molar-refractivity contribution >= 4 is 5.78 Å². The van der Waals surface area contributed by atoms with E-state index < -0.39 is 0 Å². The van der Waals surface area contributed by atoms with Crippen molar-refractivity contribution in [2.24, 2.45) is 0 Å². The van der Waals surface area contributed by atoms with Crippen molar-refractivity contribution in [2.45, 2.75) is 0 Å². The van der Waals surface area contributed by atoms with E-state index in [1.165, 1.54) is 20.3 Å². The van der Waals surface area contributed by atoms with Gasteiger partial charge in [-0.2, -0.15) is 0 Å². The van der Waals surface area contributed by atoms with E-state index in [2.05, 4.69) is 0 Å². The minimum absolute atomic E-state index is 0.135. The maximum Gasteiger partial charge on any atom is 0.282 e. The summed E-state index contributed by atoms with van der Waals surface area (Å²) in [6.45, 7) is 0. The first-order valence-corrected chi connectivity index (χ1v) is 4.17. The van der Waals surface area contributed by atoms with Crippen LogP contribution in [0.5, 0.6) is 0 Å².